The Hall–Kier alpha value is -3.40. The monoisotopic (exact) mass is 383 g/mol. The fraction of sp³-hybridized carbons (Fsp3) is 0.200. The molecule has 0 aliphatic rings. The van der Waals surface area contributed by atoms with Gasteiger partial charge < -0.3 is 5.32 Å². The number of rotatable bonds is 6. The summed E-state index contributed by atoms with van der Waals surface area (Å²) in [5.41, 5.74) is 5.40. The molecule has 1 N–H and O–H groups in total. The molecule has 1 amide bonds. The van der Waals surface area contributed by atoms with Crippen LogP contribution in [0.3, 0.4) is 0 Å². The lowest BCUT2D eigenvalue weighted by atomic mass is 10.0. The molecule has 4 nitrogen and oxygen atoms in total. The molecule has 4 heteroatoms. The summed E-state index contributed by atoms with van der Waals surface area (Å²) >= 11 is 0. The van der Waals surface area contributed by atoms with Crippen molar-refractivity contribution in [2.24, 2.45) is 0 Å². The molecule has 3 aromatic carbocycles. The third-order valence-electron chi connectivity index (χ3n) is 5.25. The molecule has 0 aliphatic carbocycles. The van der Waals surface area contributed by atoms with Gasteiger partial charge in [0.15, 0.2) is 0 Å². The molecule has 0 saturated heterocycles. The number of amides is 1. The van der Waals surface area contributed by atoms with Gasteiger partial charge in [0.2, 0.25) is 5.91 Å². The number of hydrogen-bond acceptors (Lipinski definition) is 2. The van der Waals surface area contributed by atoms with Gasteiger partial charge in [-0.3, -0.25) is 9.36 Å². The molecule has 4 rings (SSSR count). The second-order valence-electron chi connectivity index (χ2n) is 7.33. The summed E-state index contributed by atoms with van der Waals surface area (Å²) in [7, 11) is 0. The van der Waals surface area contributed by atoms with E-state index in [0.717, 1.165) is 28.1 Å². The third kappa shape index (κ3) is 4.06. The topological polar surface area (TPSA) is 46.9 Å². The van der Waals surface area contributed by atoms with Crippen LogP contribution in [0.2, 0.25) is 0 Å². The van der Waals surface area contributed by atoms with Crippen LogP contribution in [0.4, 0.5) is 0 Å². The van der Waals surface area contributed by atoms with E-state index in [-0.39, 0.29) is 11.9 Å². The van der Waals surface area contributed by atoms with Gasteiger partial charge in [-0.15, -0.1) is 0 Å². The fourth-order valence-corrected chi connectivity index (χ4v) is 3.80. The van der Waals surface area contributed by atoms with E-state index >= 15 is 0 Å². The molecule has 0 spiro atoms. The maximum absolute atomic E-state index is 12.6. The molecule has 1 atom stereocenters. The van der Waals surface area contributed by atoms with Gasteiger partial charge >= 0.3 is 0 Å². The molecule has 146 valence electrons. The summed E-state index contributed by atoms with van der Waals surface area (Å²) in [6.45, 7) is 4.10. The number of imidazole rings is 1. The third-order valence-corrected chi connectivity index (χ3v) is 5.25. The van der Waals surface area contributed by atoms with Gasteiger partial charge in [0.1, 0.15) is 5.82 Å². The molecular weight excluding hydrogens is 358 g/mol. The van der Waals surface area contributed by atoms with E-state index in [1.165, 1.54) is 5.56 Å². The van der Waals surface area contributed by atoms with E-state index in [4.69, 9.17) is 4.98 Å². The van der Waals surface area contributed by atoms with Gasteiger partial charge in [-0.2, -0.15) is 0 Å². The van der Waals surface area contributed by atoms with E-state index in [1.807, 2.05) is 55.5 Å². The Bertz CT molecular complexity index is 1130. The maximum Gasteiger partial charge on any atom is 0.220 e. The molecule has 0 bridgehead atoms. The van der Waals surface area contributed by atoms with Crippen molar-refractivity contribution in [2.45, 2.75) is 32.7 Å². The predicted octanol–water partition coefficient (Wildman–Crippen LogP) is 5.14. The lowest BCUT2D eigenvalue weighted by Gasteiger charge is -2.16. The minimum atomic E-state index is -0.0170. The molecule has 1 unspecified atom stereocenters. The smallest absolute Gasteiger partial charge is 0.220 e. The van der Waals surface area contributed by atoms with Crippen molar-refractivity contribution in [2.75, 3.05) is 0 Å². The Morgan fingerprint density at radius 3 is 2.45 bits per heavy atom. The van der Waals surface area contributed by atoms with Crippen LogP contribution in [0, 0.1) is 6.92 Å². The zero-order valence-corrected chi connectivity index (χ0v) is 16.8. The molecule has 29 heavy (non-hydrogen) atoms. The van der Waals surface area contributed by atoms with E-state index in [9.17, 15) is 4.79 Å². The maximum atomic E-state index is 12.6. The Balaban J connectivity index is 1.53. The normalized spacial score (nSPS) is 12.1. The van der Waals surface area contributed by atoms with Crippen LogP contribution >= 0.6 is 0 Å². The zero-order chi connectivity index (χ0) is 20.2. The van der Waals surface area contributed by atoms with Crippen molar-refractivity contribution in [3.8, 4) is 5.69 Å². The average molecular weight is 383 g/mol. The van der Waals surface area contributed by atoms with Gasteiger partial charge in [-0.05, 0) is 49.2 Å². The Morgan fingerprint density at radius 1 is 0.966 bits per heavy atom. The van der Waals surface area contributed by atoms with E-state index in [2.05, 4.69) is 47.1 Å². The van der Waals surface area contributed by atoms with Crippen LogP contribution in [0.5, 0.6) is 0 Å². The highest BCUT2D eigenvalue weighted by Gasteiger charge is 2.15. The number of carbonyl (C=O) groups excluding carboxylic acids is 1. The number of nitrogens with zero attached hydrogens (tertiary/aromatic N) is 2. The minimum Gasteiger partial charge on any atom is -0.350 e. The quantitative estimate of drug-likeness (QED) is 0.501. The number of hydrogen-bond donors (Lipinski definition) is 1. The van der Waals surface area contributed by atoms with Crippen LogP contribution in [0.25, 0.3) is 16.7 Å². The summed E-state index contributed by atoms with van der Waals surface area (Å²) in [5.74, 6) is 0.934. The standard InChI is InChI=1S/C25H25N3O/c1-18-10-6-7-13-21(18)19(2)26-25(29)17-16-24-27-22-14-8-9-15-23(22)28(24)20-11-4-3-5-12-20/h3-15,19H,16-17H2,1-2H3,(H,26,29). The SMILES string of the molecule is Cc1ccccc1C(C)NC(=O)CCc1nc2ccccc2n1-c1ccccc1. The summed E-state index contributed by atoms with van der Waals surface area (Å²) in [6.07, 6.45) is 0.974. The molecule has 0 fully saturated rings. The number of aromatic nitrogens is 2. The van der Waals surface area contributed by atoms with Gasteiger partial charge in [0, 0.05) is 18.5 Å². The zero-order valence-electron chi connectivity index (χ0n) is 16.8. The second kappa shape index (κ2) is 8.31. The molecule has 1 aromatic heterocycles. The van der Waals surface area contributed by atoms with Crippen molar-refractivity contribution in [1.29, 1.82) is 0 Å². The van der Waals surface area contributed by atoms with E-state index in [0.29, 0.717) is 12.8 Å². The number of aryl methyl sites for hydroxylation is 2. The molecule has 4 aromatic rings. The first-order chi connectivity index (χ1) is 14.1. The van der Waals surface area contributed by atoms with Crippen molar-refractivity contribution in [3.05, 3.63) is 95.8 Å². The lowest BCUT2D eigenvalue weighted by molar-refractivity contribution is -0.121. The van der Waals surface area contributed by atoms with Crippen LogP contribution < -0.4 is 5.32 Å². The molecular formula is C25H25N3O. The largest absolute Gasteiger partial charge is 0.350 e. The first-order valence-corrected chi connectivity index (χ1v) is 10.00. The molecule has 0 saturated carbocycles. The van der Waals surface area contributed by atoms with Gasteiger partial charge in [0.25, 0.3) is 0 Å². The highest BCUT2D eigenvalue weighted by molar-refractivity contribution is 5.79. The van der Waals surface area contributed by atoms with Gasteiger partial charge in [0.05, 0.1) is 17.1 Å². The minimum absolute atomic E-state index is 0.0170. The predicted molar refractivity (Wildman–Crippen MR) is 117 cm³/mol. The van der Waals surface area contributed by atoms with Crippen LogP contribution in [-0.4, -0.2) is 15.5 Å². The van der Waals surface area contributed by atoms with Crippen molar-refractivity contribution in [3.63, 3.8) is 0 Å². The summed E-state index contributed by atoms with van der Waals surface area (Å²) in [6, 6.07) is 26.4. The van der Waals surface area contributed by atoms with Crippen LogP contribution in [0.1, 0.15) is 36.3 Å². The van der Waals surface area contributed by atoms with E-state index in [1.54, 1.807) is 0 Å². The summed E-state index contributed by atoms with van der Waals surface area (Å²) < 4.78 is 2.15. The first kappa shape index (κ1) is 18.9. The van der Waals surface area contributed by atoms with Gasteiger partial charge in [-0.1, -0.05) is 54.6 Å². The molecule has 1 heterocycles. The van der Waals surface area contributed by atoms with Crippen molar-refractivity contribution in [1.82, 2.24) is 14.9 Å². The van der Waals surface area contributed by atoms with E-state index < -0.39 is 0 Å². The van der Waals surface area contributed by atoms with Crippen LogP contribution in [0.15, 0.2) is 78.9 Å². The van der Waals surface area contributed by atoms with Crippen molar-refractivity contribution < 1.29 is 4.79 Å². The number of carbonyl (C=O) groups is 1. The highest BCUT2D eigenvalue weighted by atomic mass is 16.1. The summed E-state index contributed by atoms with van der Waals surface area (Å²) in [5, 5.41) is 3.12. The first-order valence-electron chi connectivity index (χ1n) is 10.00. The number of nitrogens with one attached hydrogen (secondary N) is 1. The second-order valence-corrected chi connectivity index (χ2v) is 7.33. The lowest BCUT2D eigenvalue weighted by Crippen LogP contribution is -2.27. The highest BCUT2D eigenvalue weighted by Crippen LogP contribution is 2.22. The van der Waals surface area contributed by atoms with Crippen LogP contribution in [-0.2, 0) is 11.2 Å². The average Bonchev–Trinajstić information content (AvgIpc) is 3.11. The molecule has 0 radical (unpaired) electrons. The Labute approximate surface area is 171 Å². The van der Waals surface area contributed by atoms with Gasteiger partial charge in [-0.25, -0.2) is 4.98 Å². The number of fused-ring (bicyclic) bond motifs is 1. The Kier molecular flexibility index (Phi) is 5.43. The summed E-state index contributed by atoms with van der Waals surface area (Å²) in [4.78, 5) is 17.4. The molecule has 0 aliphatic heterocycles. The Morgan fingerprint density at radius 2 is 1.66 bits per heavy atom. The number of para-hydroxylation sites is 3. The fourth-order valence-electron chi connectivity index (χ4n) is 3.80. The van der Waals surface area contributed by atoms with Crippen molar-refractivity contribution >= 4 is 16.9 Å². The number of benzene rings is 3.